The van der Waals surface area contributed by atoms with Gasteiger partial charge in [0, 0.05) is 30.4 Å². The fraction of sp³-hybridized carbons (Fsp3) is 0.500. The van der Waals surface area contributed by atoms with Gasteiger partial charge in [-0.1, -0.05) is 12.1 Å². The Kier molecular flexibility index (Phi) is 7.46. The second-order valence-electron chi connectivity index (χ2n) is 6.53. The van der Waals surface area contributed by atoms with Gasteiger partial charge in [0.25, 0.3) is 0 Å². The van der Waals surface area contributed by atoms with Gasteiger partial charge in [-0.2, -0.15) is 0 Å². The normalized spacial score (nSPS) is 16.6. The number of aromatic nitrogens is 1. The van der Waals surface area contributed by atoms with Crippen molar-refractivity contribution >= 4 is 17.3 Å². The molecule has 2 aromatic heterocycles. The predicted molar refractivity (Wildman–Crippen MR) is 110 cm³/mol. The number of nitrogens with zero attached hydrogens (tertiary/aromatic N) is 3. The van der Waals surface area contributed by atoms with Crippen molar-refractivity contribution < 1.29 is 0 Å². The summed E-state index contributed by atoms with van der Waals surface area (Å²) in [5.41, 5.74) is 1.24. The van der Waals surface area contributed by atoms with Gasteiger partial charge in [0.05, 0.1) is 12.6 Å². The highest BCUT2D eigenvalue weighted by molar-refractivity contribution is 7.10. The zero-order chi connectivity index (χ0) is 18.0. The van der Waals surface area contributed by atoms with Gasteiger partial charge in [0.15, 0.2) is 5.96 Å². The number of likely N-dealkylation sites (tertiary alicyclic amines) is 1. The molecule has 1 fully saturated rings. The Hall–Kier alpha value is -1.92. The Morgan fingerprint density at radius 3 is 2.85 bits per heavy atom. The van der Waals surface area contributed by atoms with Crippen molar-refractivity contribution in [1.82, 2.24) is 20.5 Å². The molecule has 26 heavy (non-hydrogen) atoms. The quantitative estimate of drug-likeness (QED) is 0.553. The molecule has 1 aliphatic heterocycles. The van der Waals surface area contributed by atoms with E-state index in [1.807, 2.05) is 29.8 Å². The molecule has 0 saturated carbocycles. The summed E-state index contributed by atoms with van der Waals surface area (Å²) >= 11 is 1.84. The van der Waals surface area contributed by atoms with E-state index in [1.54, 1.807) is 0 Å². The third-order valence-electron chi connectivity index (χ3n) is 4.65. The van der Waals surface area contributed by atoms with E-state index < -0.39 is 0 Å². The molecule has 2 aromatic rings. The predicted octanol–water partition coefficient (Wildman–Crippen LogP) is 3.08. The number of aliphatic imine (C=N–C) groups is 1. The number of hydrogen-bond acceptors (Lipinski definition) is 4. The minimum atomic E-state index is 0.395. The summed E-state index contributed by atoms with van der Waals surface area (Å²) in [6, 6.07) is 8.87. The van der Waals surface area contributed by atoms with Gasteiger partial charge >= 0.3 is 0 Å². The van der Waals surface area contributed by atoms with Gasteiger partial charge in [0.1, 0.15) is 0 Å². The van der Waals surface area contributed by atoms with Gasteiger partial charge in [-0.3, -0.25) is 14.9 Å². The Morgan fingerprint density at radius 2 is 2.15 bits per heavy atom. The first-order valence-corrected chi connectivity index (χ1v) is 10.4. The van der Waals surface area contributed by atoms with Crippen LogP contribution in [0.5, 0.6) is 0 Å². The minimum absolute atomic E-state index is 0.395. The maximum absolute atomic E-state index is 4.89. The lowest BCUT2D eigenvalue weighted by molar-refractivity contribution is 0.255. The van der Waals surface area contributed by atoms with Crippen LogP contribution in [0.3, 0.4) is 0 Å². The fourth-order valence-corrected chi connectivity index (χ4v) is 4.16. The van der Waals surface area contributed by atoms with Gasteiger partial charge in [-0.05, 0) is 62.4 Å². The number of thiophene rings is 1. The van der Waals surface area contributed by atoms with E-state index in [-0.39, 0.29) is 0 Å². The Labute approximate surface area is 160 Å². The van der Waals surface area contributed by atoms with Crippen LogP contribution in [0, 0.1) is 0 Å². The SMILES string of the molecule is CCNC(=NCC(c1cccs1)N1CCCC1)NCCc1cccnc1. The third kappa shape index (κ3) is 5.54. The second-order valence-corrected chi connectivity index (χ2v) is 7.51. The van der Waals surface area contributed by atoms with Crippen LogP contribution in [0.25, 0.3) is 0 Å². The highest BCUT2D eigenvalue weighted by atomic mass is 32.1. The fourth-order valence-electron chi connectivity index (χ4n) is 3.31. The smallest absolute Gasteiger partial charge is 0.191 e. The summed E-state index contributed by atoms with van der Waals surface area (Å²) < 4.78 is 0. The van der Waals surface area contributed by atoms with E-state index in [1.165, 1.54) is 36.4 Å². The Balaban J connectivity index is 1.59. The molecular formula is C20H29N5S. The van der Waals surface area contributed by atoms with Crippen LogP contribution in [0.15, 0.2) is 47.0 Å². The average molecular weight is 372 g/mol. The Bertz CT molecular complexity index is 650. The van der Waals surface area contributed by atoms with E-state index >= 15 is 0 Å². The van der Waals surface area contributed by atoms with Crippen LogP contribution in [0.1, 0.15) is 36.2 Å². The zero-order valence-electron chi connectivity index (χ0n) is 15.5. The molecule has 2 N–H and O–H groups in total. The number of hydrogen-bond donors (Lipinski definition) is 2. The molecule has 6 heteroatoms. The molecule has 1 atom stereocenters. The van der Waals surface area contributed by atoms with Crippen molar-refractivity contribution in [3.8, 4) is 0 Å². The monoisotopic (exact) mass is 371 g/mol. The second kappa shape index (κ2) is 10.3. The number of guanidine groups is 1. The number of pyridine rings is 1. The summed E-state index contributed by atoms with van der Waals surface area (Å²) in [5.74, 6) is 0.900. The first-order chi connectivity index (χ1) is 12.9. The zero-order valence-corrected chi connectivity index (χ0v) is 16.3. The topological polar surface area (TPSA) is 52.6 Å². The minimum Gasteiger partial charge on any atom is -0.357 e. The molecule has 140 valence electrons. The maximum Gasteiger partial charge on any atom is 0.191 e. The summed E-state index contributed by atoms with van der Waals surface area (Å²) in [4.78, 5) is 13.1. The van der Waals surface area contributed by atoms with Crippen molar-refractivity contribution in [1.29, 1.82) is 0 Å². The molecule has 0 aromatic carbocycles. The van der Waals surface area contributed by atoms with Crippen molar-refractivity contribution in [3.05, 3.63) is 52.5 Å². The molecular weight excluding hydrogens is 342 g/mol. The highest BCUT2D eigenvalue weighted by Crippen LogP contribution is 2.28. The van der Waals surface area contributed by atoms with Crippen LogP contribution < -0.4 is 10.6 Å². The lowest BCUT2D eigenvalue weighted by atomic mass is 10.2. The first-order valence-electron chi connectivity index (χ1n) is 9.55. The summed E-state index contributed by atoms with van der Waals surface area (Å²) in [7, 11) is 0. The molecule has 0 radical (unpaired) electrons. The standard InChI is InChI=1S/C20H29N5S/c1-2-22-20(23-11-9-17-7-5-10-21-15-17)24-16-18(19-8-6-14-26-19)25-12-3-4-13-25/h5-8,10,14-15,18H,2-4,9,11-13,16H2,1H3,(H2,22,23,24). The van der Waals surface area contributed by atoms with Crippen LogP contribution >= 0.6 is 11.3 Å². The lowest BCUT2D eigenvalue weighted by Gasteiger charge is -2.25. The molecule has 0 bridgehead atoms. The van der Waals surface area contributed by atoms with Crippen molar-refractivity contribution in [2.45, 2.75) is 32.2 Å². The molecule has 1 saturated heterocycles. The summed E-state index contributed by atoms with van der Waals surface area (Å²) in [6.07, 6.45) is 7.28. The van der Waals surface area contributed by atoms with Crippen LogP contribution in [-0.4, -0.2) is 48.6 Å². The van der Waals surface area contributed by atoms with Crippen LogP contribution in [-0.2, 0) is 6.42 Å². The van der Waals surface area contributed by atoms with Crippen LogP contribution in [0.2, 0.25) is 0 Å². The largest absolute Gasteiger partial charge is 0.357 e. The molecule has 5 nitrogen and oxygen atoms in total. The van der Waals surface area contributed by atoms with Crippen molar-refractivity contribution in [2.75, 3.05) is 32.7 Å². The molecule has 1 aliphatic rings. The van der Waals surface area contributed by atoms with E-state index in [9.17, 15) is 0 Å². The van der Waals surface area contributed by atoms with Gasteiger partial charge < -0.3 is 10.6 Å². The van der Waals surface area contributed by atoms with E-state index in [4.69, 9.17) is 4.99 Å². The number of nitrogens with one attached hydrogen (secondary N) is 2. The van der Waals surface area contributed by atoms with E-state index in [0.717, 1.165) is 32.0 Å². The molecule has 0 aliphatic carbocycles. The highest BCUT2D eigenvalue weighted by Gasteiger charge is 2.24. The van der Waals surface area contributed by atoms with Crippen molar-refractivity contribution in [2.24, 2.45) is 4.99 Å². The maximum atomic E-state index is 4.89. The molecule has 3 heterocycles. The summed E-state index contributed by atoms with van der Waals surface area (Å²) in [6.45, 7) is 6.99. The van der Waals surface area contributed by atoms with Crippen molar-refractivity contribution in [3.63, 3.8) is 0 Å². The van der Waals surface area contributed by atoms with Crippen LogP contribution in [0.4, 0.5) is 0 Å². The van der Waals surface area contributed by atoms with Gasteiger partial charge in [0.2, 0.25) is 0 Å². The molecule has 3 rings (SSSR count). The average Bonchev–Trinajstić information content (AvgIpc) is 3.37. The van der Waals surface area contributed by atoms with Gasteiger partial charge in [-0.15, -0.1) is 11.3 Å². The van der Waals surface area contributed by atoms with Gasteiger partial charge in [-0.25, -0.2) is 0 Å². The molecule has 0 amide bonds. The lowest BCUT2D eigenvalue weighted by Crippen LogP contribution is -2.39. The first kappa shape index (κ1) is 18.9. The molecule has 0 spiro atoms. The Morgan fingerprint density at radius 1 is 1.27 bits per heavy atom. The third-order valence-corrected chi connectivity index (χ3v) is 5.62. The summed E-state index contributed by atoms with van der Waals surface area (Å²) in [5, 5.41) is 8.99. The molecule has 1 unspecified atom stereocenters. The van der Waals surface area contributed by atoms with E-state index in [0.29, 0.717) is 6.04 Å². The number of rotatable bonds is 8. The van der Waals surface area contributed by atoms with E-state index in [2.05, 4.69) is 51.0 Å².